The van der Waals surface area contributed by atoms with Crippen molar-refractivity contribution in [3.8, 4) is 0 Å². The standard InChI is InChI=1S/C27H37N9O2/c1-6-24(33-27(28-4)35-11-7-20(38-5)8-12-35)32-25-15-23-21(16-31-25)22(17-36(23)19(2)3)26(37)30-10-14-34-13-9-29-18-34/h6,9,13,15-20H,4,7-8,10-12,14H2,1-3,5H3,(H,30,37)(H,31,32)/b24-6-,33-27+. The average Bonchev–Trinajstić information content (AvgIpc) is 3.59. The van der Waals surface area contributed by atoms with Crippen LogP contribution in [0.5, 0.6) is 0 Å². The molecule has 0 atom stereocenters. The number of aliphatic imine (C=N–C) groups is 2. The minimum absolute atomic E-state index is 0.130. The molecule has 1 saturated heterocycles. The number of imidazole rings is 1. The summed E-state index contributed by atoms with van der Waals surface area (Å²) >= 11 is 0. The highest BCUT2D eigenvalue weighted by molar-refractivity contribution is 6.07. The summed E-state index contributed by atoms with van der Waals surface area (Å²) < 4.78 is 9.48. The Morgan fingerprint density at radius 1 is 1.34 bits per heavy atom. The van der Waals surface area contributed by atoms with Gasteiger partial charge in [-0.3, -0.25) is 4.79 Å². The lowest BCUT2D eigenvalue weighted by Gasteiger charge is -2.31. The Balaban J connectivity index is 1.51. The van der Waals surface area contributed by atoms with Crippen LogP contribution >= 0.6 is 0 Å². The molecule has 202 valence electrons. The normalized spacial score (nSPS) is 15.3. The van der Waals surface area contributed by atoms with Crippen LogP contribution in [0.15, 0.2) is 59.1 Å². The van der Waals surface area contributed by atoms with E-state index in [4.69, 9.17) is 9.73 Å². The van der Waals surface area contributed by atoms with Gasteiger partial charge in [-0.25, -0.2) is 15.0 Å². The number of aromatic nitrogens is 4. The predicted molar refractivity (Wildman–Crippen MR) is 151 cm³/mol. The molecule has 11 heteroatoms. The largest absolute Gasteiger partial charge is 0.381 e. The smallest absolute Gasteiger partial charge is 0.253 e. The Labute approximate surface area is 223 Å². The molecule has 0 spiro atoms. The molecular formula is C27H37N9O2. The van der Waals surface area contributed by atoms with Crippen LogP contribution in [-0.4, -0.2) is 75.4 Å². The molecule has 4 heterocycles. The molecule has 0 unspecified atom stereocenters. The van der Waals surface area contributed by atoms with Gasteiger partial charge in [-0.05, 0) is 46.4 Å². The number of fused-ring (bicyclic) bond motifs is 1. The van der Waals surface area contributed by atoms with Crippen LogP contribution in [0.2, 0.25) is 0 Å². The van der Waals surface area contributed by atoms with E-state index in [1.807, 2.05) is 36.0 Å². The highest BCUT2D eigenvalue weighted by atomic mass is 16.5. The lowest BCUT2D eigenvalue weighted by molar-refractivity contribution is 0.0576. The number of methoxy groups -OCH3 is 1. The van der Waals surface area contributed by atoms with Crippen molar-refractivity contribution in [1.82, 2.24) is 29.3 Å². The van der Waals surface area contributed by atoms with Gasteiger partial charge in [-0.15, -0.1) is 0 Å². The maximum absolute atomic E-state index is 13.0. The van der Waals surface area contributed by atoms with Crippen molar-refractivity contribution >= 4 is 35.3 Å². The summed E-state index contributed by atoms with van der Waals surface area (Å²) in [6.45, 7) is 12.6. The van der Waals surface area contributed by atoms with Gasteiger partial charge in [0.15, 0.2) is 0 Å². The lowest BCUT2D eigenvalue weighted by Crippen LogP contribution is -2.40. The van der Waals surface area contributed by atoms with E-state index in [1.165, 1.54) is 0 Å². The molecule has 3 aromatic rings. The summed E-state index contributed by atoms with van der Waals surface area (Å²) in [5.41, 5.74) is 1.51. The third-order valence-electron chi connectivity index (χ3n) is 6.68. The van der Waals surface area contributed by atoms with Gasteiger partial charge in [-0.1, -0.05) is 0 Å². The summed E-state index contributed by atoms with van der Waals surface area (Å²) in [5, 5.41) is 7.10. The van der Waals surface area contributed by atoms with Crippen LogP contribution in [-0.2, 0) is 11.3 Å². The Hall–Kier alpha value is -3.99. The monoisotopic (exact) mass is 519 g/mol. The zero-order valence-corrected chi connectivity index (χ0v) is 22.6. The van der Waals surface area contributed by atoms with Crippen molar-refractivity contribution in [2.75, 3.05) is 32.1 Å². The summed E-state index contributed by atoms with van der Waals surface area (Å²) in [4.78, 5) is 32.7. The van der Waals surface area contributed by atoms with Gasteiger partial charge in [0, 0.05) is 75.6 Å². The second kappa shape index (κ2) is 12.5. The number of ether oxygens (including phenoxy) is 1. The van der Waals surface area contributed by atoms with E-state index in [1.54, 1.807) is 25.8 Å². The van der Waals surface area contributed by atoms with Crippen LogP contribution in [0.4, 0.5) is 5.82 Å². The molecule has 1 fully saturated rings. The topological polar surface area (TPSA) is 114 Å². The maximum Gasteiger partial charge on any atom is 0.253 e. The summed E-state index contributed by atoms with van der Waals surface area (Å²) in [5.74, 6) is 1.69. The van der Waals surface area contributed by atoms with Crippen molar-refractivity contribution in [3.05, 3.63) is 54.6 Å². The van der Waals surface area contributed by atoms with E-state index in [0.717, 1.165) is 36.8 Å². The molecule has 1 aliphatic heterocycles. The van der Waals surface area contributed by atoms with Crippen molar-refractivity contribution in [3.63, 3.8) is 0 Å². The van der Waals surface area contributed by atoms with E-state index < -0.39 is 0 Å². The van der Waals surface area contributed by atoms with E-state index in [9.17, 15) is 4.79 Å². The molecular weight excluding hydrogens is 482 g/mol. The minimum Gasteiger partial charge on any atom is -0.381 e. The average molecular weight is 520 g/mol. The number of nitrogens with one attached hydrogen (secondary N) is 2. The number of anilines is 1. The molecule has 0 saturated carbocycles. The number of carbonyl (C=O) groups excluding carboxylic acids is 1. The SMILES string of the molecule is C=N/C(=N\C(=C/C)Nc1cc2c(cn1)c(C(=O)NCCn1ccnc1)cn2C(C)C)N1CCC(OC)CC1. The van der Waals surface area contributed by atoms with Gasteiger partial charge >= 0.3 is 0 Å². The number of hydrogen-bond donors (Lipinski definition) is 2. The fourth-order valence-electron chi connectivity index (χ4n) is 4.53. The van der Waals surface area contributed by atoms with Gasteiger partial charge in [0.25, 0.3) is 5.91 Å². The Bertz CT molecular complexity index is 1300. The fourth-order valence-corrected chi connectivity index (χ4v) is 4.53. The number of likely N-dealkylation sites (tertiary alicyclic amines) is 1. The third kappa shape index (κ3) is 6.28. The number of guanidine groups is 1. The molecule has 0 radical (unpaired) electrons. The zero-order chi connectivity index (χ0) is 27.1. The molecule has 38 heavy (non-hydrogen) atoms. The van der Waals surface area contributed by atoms with Crippen LogP contribution in [0.25, 0.3) is 10.9 Å². The summed E-state index contributed by atoms with van der Waals surface area (Å²) in [6, 6.07) is 2.10. The molecule has 1 aliphatic rings. The van der Waals surface area contributed by atoms with E-state index in [2.05, 4.69) is 55.6 Å². The van der Waals surface area contributed by atoms with E-state index in [-0.39, 0.29) is 18.1 Å². The van der Waals surface area contributed by atoms with Crippen molar-refractivity contribution in [2.24, 2.45) is 9.98 Å². The maximum atomic E-state index is 13.0. The Morgan fingerprint density at radius 2 is 2.13 bits per heavy atom. The van der Waals surface area contributed by atoms with Crippen molar-refractivity contribution < 1.29 is 9.53 Å². The number of nitrogens with zero attached hydrogens (tertiary/aromatic N) is 7. The number of allylic oxidation sites excluding steroid dienone is 1. The van der Waals surface area contributed by atoms with Gasteiger partial charge in [0.05, 0.1) is 23.5 Å². The Morgan fingerprint density at radius 3 is 2.76 bits per heavy atom. The van der Waals surface area contributed by atoms with Crippen molar-refractivity contribution in [1.29, 1.82) is 0 Å². The van der Waals surface area contributed by atoms with E-state index in [0.29, 0.717) is 36.3 Å². The molecule has 1 amide bonds. The number of amides is 1. The predicted octanol–water partition coefficient (Wildman–Crippen LogP) is 3.68. The molecule has 0 aliphatic carbocycles. The molecule has 3 aromatic heterocycles. The Kier molecular flexibility index (Phi) is 8.90. The van der Waals surface area contributed by atoms with Crippen LogP contribution < -0.4 is 10.6 Å². The first-order valence-corrected chi connectivity index (χ1v) is 12.9. The van der Waals surface area contributed by atoms with E-state index >= 15 is 0 Å². The highest BCUT2D eigenvalue weighted by Crippen LogP contribution is 2.27. The highest BCUT2D eigenvalue weighted by Gasteiger charge is 2.21. The van der Waals surface area contributed by atoms with Gasteiger partial charge in [0.2, 0.25) is 5.96 Å². The van der Waals surface area contributed by atoms with Crippen molar-refractivity contribution in [2.45, 2.75) is 52.3 Å². The van der Waals surface area contributed by atoms with Gasteiger partial charge in [0.1, 0.15) is 11.6 Å². The first-order chi connectivity index (χ1) is 18.4. The first kappa shape index (κ1) is 27.1. The zero-order valence-electron chi connectivity index (χ0n) is 22.6. The van der Waals surface area contributed by atoms with Crippen LogP contribution in [0, 0.1) is 0 Å². The van der Waals surface area contributed by atoms with Crippen LogP contribution in [0.3, 0.4) is 0 Å². The number of hydrogen-bond acceptors (Lipinski definition) is 6. The third-order valence-corrected chi connectivity index (χ3v) is 6.68. The molecule has 11 nitrogen and oxygen atoms in total. The number of rotatable bonds is 9. The molecule has 2 N–H and O–H groups in total. The molecule has 0 aromatic carbocycles. The minimum atomic E-state index is -0.130. The lowest BCUT2D eigenvalue weighted by atomic mass is 10.1. The second-order valence-electron chi connectivity index (χ2n) is 9.48. The number of carbonyl (C=O) groups is 1. The fraction of sp³-hybridized carbons (Fsp3) is 0.444. The summed E-state index contributed by atoms with van der Waals surface area (Å²) in [6.07, 6.45) is 12.9. The second-order valence-corrected chi connectivity index (χ2v) is 9.48. The van der Waals surface area contributed by atoms with Gasteiger partial charge in [-0.2, -0.15) is 4.99 Å². The summed E-state index contributed by atoms with van der Waals surface area (Å²) in [7, 11) is 1.75. The molecule has 0 bridgehead atoms. The number of piperidine rings is 1. The first-order valence-electron chi connectivity index (χ1n) is 12.9. The number of pyridine rings is 1. The van der Waals surface area contributed by atoms with Gasteiger partial charge < -0.3 is 29.4 Å². The molecule has 4 rings (SSSR count). The van der Waals surface area contributed by atoms with Crippen LogP contribution in [0.1, 0.15) is 50.0 Å². The quantitative estimate of drug-likeness (QED) is 0.329.